The molecule has 1 spiro atoms. The first kappa shape index (κ1) is 25.7. The number of hydrogen-bond acceptors (Lipinski definition) is 7. The van der Waals surface area contributed by atoms with Crippen LogP contribution in [0.3, 0.4) is 0 Å². The van der Waals surface area contributed by atoms with Crippen LogP contribution in [0.15, 0.2) is 30.7 Å². The first-order chi connectivity index (χ1) is 17.2. The highest BCUT2D eigenvalue weighted by atomic mass is 32.2. The molecular formula is C27H38FN5O2S. The van der Waals surface area contributed by atoms with Gasteiger partial charge in [-0.15, -0.1) is 4.72 Å². The van der Waals surface area contributed by atoms with Crippen LogP contribution in [0.25, 0.3) is 0 Å². The summed E-state index contributed by atoms with van der Waals surface area (Å²) in [6, 6.07) is 4.36. The van der Waals surface area contributed by atoms with Gasteiger partial charge in [0.05, 0.1) is 12.2 Å². The van der Waals surface area contributed by atoms with E-state index in [2.05, 4.69) is 24.9 Å². The number of nitrogens with one attached hydrogen (secondary N) is 2. The molecule has 2 N–H and O–H groups in total. The lowest BCUT2D eigenvalue weighted by Crippen LogP contribution is -2.43. The Hall–Kier alpha value is -1.94. The van der Waals surface area contributed by atoms with Crippen LogP contribution in [0.2, 0.25) is 0 Å². The molecule has 3 atom stereocenters. The fourth-order valence-electron chi connectivity index (χ4n) is 5.85. The molecule has 1 aromatic heterocycles. The van der Waals surface area contributed by atoms with Gasteiger partial charge in [-0.1, -0.05) is 12.8 Å². The summed E-state index contributed by atoms with van der Waals surface area (Å²) in [6.07, 6.45) is 9.82. The van der Waals surface area contributed by atoms with Crippen molar-refractivity contribution in [3.05, 3.63) is 42.1 Å². The Balaban J connectivity index is 1.45. The lowest BCUT2D eigenvalue weighted by atomic mass is 9.87. The Morgan fingerprint density at radius 2 is 2.06 bits per heavy atom. The molecule has 7 nitrogen and oxygen atoms in total. The molecule has 36 heavy (non-hydrogen) atoms. The minimum Gasteiger partial charge on any atom is -0.598 e. The molecule has 1 aromatic carbocycles. The highest BCUT2D eigenvalue weighted by Gasteiger charge is 2.42. The van der Waals surface area contributed by atoms with Crippen LogP contribution in [-0.2, 0) is 11.4 Å². The summed E-state index contributed by atoms with van der Waals surface area (Å²) >= 11 is -1.30. The van der Waals surface area contributed by atoms with E-state index in [4.69, 9.17) is 4.74 Å². The predicted octanol–water partition coefficient (Wildman–Crippen LogP) is 4.88. The van der Waals surface area contributed by atoms with Crippen LogP contribution in [0.5, 0.6) is 11.5 Å². The van der Waals surface area contributed by atoms with Gasteiger partial charge in [0.25, 0.3) is 0 Å². The van der Waals surface area contributed by atoms with Gasteiger partial charge in [-0.3, -0.25) is 0 Å². The molecule has 1 saturated carbocycles. The average molecular weight is 516 g/mol. The first-order valence-electron chi connectivity index (χ1n) is 13.2. The zero-order chi connectivity index (χ0) is 25.3. The van der Waals surface area contributed by atoms with Crippen LogP contribution >= 0.6 is 0 Å². The predicted molar refractivity (Wildman–Crippen MR) is 141 cm³/mol. The summed E-state index contributed by atoms with van der Waals surface area (Å²) in [5.74, 6) is 1.83. The van der Waals surface area contributed by atoms with E-state index in [9.17, 15) is 8.94 Å². The molecule has 196 valence electrons. The van der Waals surface area contributed by atoms with Crippen molar-refractivity contribution >= 4 is 17.2 Å². The van der Waals surface area contributed by atoms with Gasteiger partial charge in [-0.25, -0.2) is 14.4 Å². The highest BCUT2D eigenvalue weighted by Crippen LogP contribution is 2.44. The molecule has 5 rings (SSSR count). The van der Waals surface area contributed by atoms with Gasteiger partial charge in [-0.2, -0.15) is 0 Å². The van der Waals surface area contributed by atoms with E-state index in [0.29, 0.717) is 17.1 Å². The second-order valence-electron chi connectivity index (χ2n) is 11.6. The molecule has 2 aromatic rings. The molecule has 0 amide bonds. The van der Waals surface area contributed by atoms with E-state index in [1.807, 2.05) is 20.8 Å². The summed E-state index contributed by atoms with van der Waals surface area (Å²) in [5.41, 5.74) is 0.991. The Bertz CT molecular complexity index is 1050. The van der Waals surface area contributed by atoms with Gasteiger partial charge in [0, 0.05) is 42.0 Å². The fourth-order valence-corrected chi connectivity index (χ4v) is 6.75. The van der Waals surface area contributed by atoms with E-state index in [1.165, 1.54) is 18.6 Å². The minimum atomic E-state index is -1.30. The molecule has 0 bridgehead atoms. The number of halogens is 1. The largest absolute Gasteiger partial charge is 0.598 e. The number of hydrogen-bond donors (Lipinski definition) is 2. The molecule has 0 radical (unpaired) electrons. The van der Waals surface area contributed by atoms with E-state index in [1.54, 1.807) is 18.6 Å². The quantitative estimate of drug-likeness (QED) is 0.508. The standard InChI is InChI=1S/C27H38FN5O2S/c1-26(2,3)36(34)32-24(19-6-4-5-7-19)21-14-20(28)8-9-22(21)35-23-15-30-18-31-25(23)33-13-11-27(17-33)10-12-29-16-27/h8-9,14-15,18-19,24,29,32H,4-7,10-13,16-17H2,1-3H3. The molecular weight excluding hydrogens is 477 g/mol. The smallest absolute Gasteiger partial charge is 0.188 e. The maximum Gasteiger partial charge on any atom is 0.188 e. The van der Waals surface area contributed by atoms with Crippen LogP contribution in [0.4, 0.5) is 10.2 Å². The summed E-state index contributed by atoms with van der Waals surface area (Å²) in [7, 11) is 0. The summed E-state index contributed by atoms with van der Waals surface area (Å²) in [4.78, 5) is 11.1. The van der Waals surface area contributed by atoms with E-state index < -0.39 is 16.1 Å². The summed E-state index contributed by atoms with van der Waals surface area (Å²) < 4.78 is 37.1. The van der Waals surface area contributed by atoms with Gasteiger partial charge in [0.15, 0.2) is 11.6 Å². The second-order valence-corrected chi connectivity index (χ2v) is 13.6. The molecule has 3 unspecified atom stereocenters. The SMILES string of the molecule is CC(C)(C)[S+]([O-])NC(c1cc(F)ccc1Oc1cncnc1N1CCC2(CCNC2)C1)C1CCCC1. The number of ether oxygens (including phenoxy) is 1. The van der Waals surface area contributed by atoms with Crippen LogP contribution in [0.1, 0.15) is 70.9 Å². The Labute approximate surface area is 216 Å². The Kier molecular flexibility index (Phi) is 7.45. The van der Waals surface area contributed by atoms with Gasteiger partial charge in [-0.05, 0) is 77.1 Å². The van der Waals surface area contributed by atoms with E-state index >= 15 is 0 Å². The normalized spacial score (nSPS) is 24.5. The van der Waals surface area contributed by atoms with Gasteiger partial charge in [0.1, 0.15) is 22.6 Å². The maximum atomic E-state index is 14.6. The number of anilines is 1. The number of rotatable bonds is 7. The molecule has 3 fully saturated rings. The van der Waals surface area contributed by atoms with Crippen molar-refractivity contribution in [1.29, 1.82) is 0 Å². The van der Waals surface area contributed by atoms with Crippen molar-refractivity contribution in [3.8, 4) is 11.5 Å². The molecule has 3 heterocycles. The zero-order valence-electron chi connectivity index (χ0n) is 21.6. The van der Waals surface area contributed by atoms with E-state index in [0.717, 1.165) is 64.1 Å². The minimum absolute atomic E-state index is 0.264. The van der Waals surface area contributed by atoms with Gasteiger partial charge in [0.2, 0.25) is 0 Å². The van der Waals surface area contributed by atoms with Gasteiger partial charge < -0.3 is 19.5 Å². The lowest BCUT2D eigenvalue weighted by molar-refractivity contribution is 0.368. The summed E-state index contributed by atoms with van der Waals surface area (Å²) in [6.45, 7) is 9.78. The first-order valence-corrected chi connectivity index (χ1v) is 14.3. The maximum absolute atomic E-state index is 14.6. The second kappa shape index (κ2) is 10.4. The van der Waals surface area contributed by atoms with Gasteiger partial charge >= 0.3 is 0 Å². The Morgan fingerprint density at radius 1 is 1.25 bits per heavy atom. The molecule has 1 aliphatic carbocycles. The highest BCUT2D eigenvalue weighted by molar-refractivity contribution is 7.90. The summed E-state index contributed by atoms with van der Waals surface area (Å²) in [5, 5.41) is 3.50. The van der Waals surface area contributed by atoms with Crippen molar-refractivity contribution in [3.63, 3.8) is 0 Å². The third-order valence-corrected chi connectivity index (χ3v) is 9.50. The topological polar surface area (TPSA) is 85.4 Å². The Morgan fingerprint density at radius 3 is 2.78 bits per heavy atom. The molecule has 3 aliphatic rings. The zero-order valence-corrected chi connectivity index (χ0v) is 22.4. The number of benzene rings is 1. The van der Waals surface area contributed by atoms with Crippen LogP contribution in [0, 0.1) is 17.2 Å². The third kappa shape index (κ3) is 5.49. The average Bonchev–Trinajstić information content (AvgIpc) is 3.62. The van der Waals surface area contributed by atoms with Crippen molar-refractivity contribution in [2.75, 3.05) is 31.1 Å². The molecule has 2 saturated heterocycles. The monoisotopic (exact) mass is 515 g/mol. The van der Waals surface area contributed by atoms with Crippen molar-refractivity contribution in [2.24, 2.45) is 11.3 Å². The van der Waals surface area contributed by atoms with Crippen molar-refractivity contribution < 1.29 is 13.7 Å². The molecule has 9 heteroatoms. The third-order valence-electron chi connectivity index (χ3n) is 7.92. The van der Waals surface area contributed by atoms with E-state index in [-0.39, 0.29) is 23.2 Å². The van der Waals surface area contributed by atoms with Crippen molar-refractivity contribution in [1.82, 2.24) is 20.0 Å². The fraction of sp³-hybridized carbons (Fsp3) is 0.630. The molecule has 2 aliphatic heterocycles. The lowest BCUT2D eigenvalue weighted by Gasteiger charge is -2.32. The number of nitrogens with zero attached hydrogens (tertiary/aromatic N) is 3. The van der Waals surface area contributed by atoms with Crippen LogP contribution in [-0.4, -0.2) is 45.4 Å². The number of aromatic nitrogens is 2. The van der Waals surface area contributed by atoms with Crippen LogP contribution < -0.4 is 19.7 Å². The van der Waals surface area contributed by atoms with Crippen molar-refractivity contribution in [2.45, 2.75) is 70.1 Å².